The minimum absolute atomic E-state index is 0.457. The molecule has 0 bridgehead atoms. The fourth-order valence-electron chi connectivity index (χ4n) is 2.13. The highest BCUT2D eigenvalue weighted by atomic mass is 35.5. The van der Waals surface area contributed by atoms with Crippen LogP contribution in [0.1, 0.15) is 18.4 Å². The first-order valence-electron chi connectivity index (χ1n) is 7.06. The molecule has 0 aliphatic carbocycles. The maximum atomic E-state index is 6.07. The van der Waals surface area contributed by atoms with Crippen LogP contribution < -0.4 is 4.74 Å². The van der Waals surface area contributed by atoms with Gasteiger partial charge in [0.15, 0.2) is 0 Å². The number of para-hydroxylation sites is 1. The first-order chi connectivity index (χ1) is 9.81. The molecule has 0 saturated heterocycles. The average molecular weight is 301 g/mol. The number of rotatable bonds is 11. The molecule has 1 aromatic carbocycles. The van der Waals surface area contributed by atoms with E-state index in [1.54, 1.807) is 14.2 Å². The van der Waals surface area contributed by atoms with Crippen molar-refractivity contribution in [2.45, 2.75) is 19.3 Å². The summed E-state index contributed by atoms with van der Waals surface area (Å²) >= 11 is 6.07. The Morgan fingerprint density at radius 1 is 1.10 bits per heavy atom. The van der Waals surface area contributed by atoms with E-state index < -0.39 is 0 Å². The molecule has 0 radical (unpaired) electrons. The fourth-order valence-corrected chi connectivity index (χ4v) is 2.40. The number of benzene rings is 1. The van der Waals surface area contributed by atoms with Crippen molar-refractivity contribution in [3.05, 3.63) is 29.8 Å². The van der Waals surface area contributed by atoms with Crippen molar-refractivity contribution < 1.29 is 14.2 Å². The lowest BCUT2D eigenvalue weighted by Crippen LogP contribution is -2.10. The van der Waals surface area contributed by atoms with E-state index >= 15 is 0 Å². The number of halogens is 1. The summed E-state index contributed by atoms with van der Waals surface area (Å²) in [5, 5.41) is 0. The Morgan fingerprint density at radius 3 is 2.60 bits per heavy atom. The lowest BCUT2D eigenvalue weighted by Gasteiger charge is -2.16. The summed E-state index contributed by atoms with van der Waals surface area (Å²) in [7, 11) is 3.39. The van der Waals surface area contributed by atoms with Crippen molar-refractivity contribution in [2.75, 3.05) is 39.9 Å². The molecule has 114 valence electrons. The van der Waals surface area contributed by atoms with E-state index in [2.05, 4.69) is 6.07 Å². The first-order valence-corrected chi connectivity index (χ1v) is 7.59. The van der Waals surface area contributed by atoms with Crippen LogP contribution in [0.5, 0.6) is 5.75 Å². The van der Waals surface area contributed by atoms with Crippen LogP contribution in [-0.2, 0) is 15.9 Å². The summed E-state index contributed by atoms with van der Waals surface area (Å²) in [6, 6.07) is 8.13. The molecule has 20 heavy (non-hydrogen) atoms. The molecule has 1 rings (SSSR count). The molecule has 0 heterocycles. The second kappa shape index (κ2) is 11.0. The number of methoxy groups -OCH3 is 2. The van der Waals surface area contributed by atoms with Gasteiger partial charge in [-0.3, -0.25) is 0 Å². The van der Waals surface area contributed by atoms with Gasteiger partial charge in [-0.25, -0.2) is 0 Å². The summed E-state index contributed by atoms with van der Waals surface area (Å²) < 4.78 is 15.8. The maximum Gasteiger partial charge on any atom is 0.122 e. The highest BCUT2D eigenvalue weighted by molar-refractivity contribution is 6.18. The second-order valence-electron chi connectivity index (χ2n) is 4.78. The van der Waals surface area contributed by atoms with Gasteiger partial charge >= 0.3 is 0 Å². The molecular formula is C16H25ClO3. The van der Waals surface area contributed by atoms with Gasteiger partial charge in [-0.1, -0.05) is 18.2 Å². The van der Waals surface area contributed by atoms with E-state index in [4.69, 9.17) is 25.8 Å². The first kappa shape index (κ1) is 17.3. The fraction of sp³-hybridized carbons (Fsp3) is 0.625. The highest BCUT2D eigenvalue weighted by Gasteiger charge is 2.11. The largest absolute Gasteiger partial charge is 0.496 e. The monoisotopic (exact) mass is 300 g/mol. The van der Waals surface area contributed by atoms with Crippen molar-refractivity contribution in [3.8, 4) is 5.75 Å². The van der Waals surface area contributed by atoms with Gasteiger partial charge in [0.05, 0.1) is 20.3 Å². The van der Waals surface area contributed by atoms with Gasteiger partial charge in [0.2, 0.25) is 0 Å². The second-order valence-corrected chi connectivity index (χ2v) is 5.09. The minimum atomic E-state index is 0.457. The zero-order chi connectivity index (χ0) is 14.6. The summed E-state index contributed by atoms with van der Waals surface area (Å²) in [5.41, 5.74) is 1.22. The van der Waals surface area contributed by atoms with Crippen molar-refractivity contribution >= 4 is 11.6 Å². The van der Waals surface area contributed by atoms with E-state index in [-0.39, 0.29) is 0 Å². The smallest absolute Gasteiger partial charge is 0.122 e. The Kier molecular flexibility index (Phi) is 9.46. The van der Waals surface area contributed by atoms with Gasteiger partial charge < -0.3 is 14.2 Å². The lowest BCUT2D eigenvalue weighted by molar-refractivity contribution is 0.0675. The molecule has 1 atom stereocenters. The minimum Gasteiger partial charge on any atom is -0.496 e. The quantitative estimate of drug-likeness (QED) is 0.462. The molecule has 4 heteroatoms. The van der Waals surface area contributed by atoms with Crippen LogP contribution in [0.4, 0.5) is 0 Å². The molecule has 0 amide bonds. The molecule has 3 nitrogen and oxygen atoms in total. The third kappa shape index (κ3) is 6.60. The van der Waals surface area contributed by atoms with Gasteiger partial charge in [0.25, 0.3) is 0 Å². The van der Waals surface area contributed by atoms with Gasteiger partial charge in [0, 0.05) is 19.6 Å². The van der Waals surface area contributed by atoms with Crippen LogP contribution in [0, 0.1) is 5.92 Å². The van der Waals surface area contributed by atoms with Crippen LogP contribution in [0.15, 0.2) is 24.3 Å². The molecule has 0 spiro atoms. The number of alkyl halides is 1. The van der Waals surface area contributed by atoms with Gasteiger partial charge in [-0.2, -0.15) is 0 Å². The Morgan fingerprint density at radius 2 is 1.90 bits per heavy atom. The van der Waals surface area contributed by atoms with Gasteiger partial charge in [-0.05, 0) is 36.8 Å². The van der Waals surface area contributed by atoms with Crippen molar-refractivity contribution in [1.29, 1.82) is 0 Å². The predicted molar refractivity (Wildman–Crippen MR) is 82.8 cm³/mol. The van der Waals surface area contributed by atoms with Crippen LogP contribution >= 0.6 is 11.6 Å². The number of hydrogen-bond donors (Lipinski definition) is 0. The normalized spacial score (nSPS) is 12.3. The van der Waals surface area contributed by atoms with Crippen LogP contribution in [-0.4, -0.2) is 39.9 Å². The standard InChI is InChI=1S/C16H25ClO3/c1-18-10-11-20-9-5-6-14(13-17)12-15-7-3-4-8-16(15)19-2/h3-4,7-8,14H,5-6,9-13H2,1-2H3. The van der Waals surface area contributed by atoms with Crippen LogP contribution in [0.3, 0.4) is 0 Å². The van der Waals surface area contributed by atoms with Crippen molar-refractivity contribution in [3.63, 3.8) is 0 Å². The van der Waals surface area contributed by atoms with E-state index in [9.17, 15) is 0 Å². The summed E-state index contributed by atoms with van der Waals surface area (Å²) in [6.45, 7) is 2.08. The Bertz CT molecular complexity index is 357. The topological polar surface area (TPSA) is 27.7 Å². The van der Waals surface area contributed by atoms with Gasteiger partial charge in [-0.15, -0.1) is 11.6 Å². The molecule has 0 aliphatic rings. The van der Waals surface area contributed by atoms with Crippen molar-refractivity contribution in [2.24, 2.45) is 5.92 Å². The molecule has 1 aromatic rings. The van der Waals surface area contributed by atoms with E-state index in [0.29, 0.717) is 25.0 Å². The van der Waals surface area contributed by atoms with Crippen LogP contribution in [0.2, 0.25) is 0 Å². The summed E-state index contributed by atoms with van der Waals surface area (Å²) in [6.07, 6.45) is 3.04. The molecule has 0 saturated carbocycles. The number of ether oxygens (including phenoxy) is 3. The molecule has 0 aromatic heterocycles. The zero-order valence-corrected chi connectivity index (χ0v) is 13.2. The molecule has 0 N–H and O–H groups in total. The molecular weight excluding hydrogens is 276 g/mol. The van der Waals surface area contributed by atoms with E-state index in [1.807, 2.05) is 18.2 Å². The average Bonchev–Trinajstić information content (AvgIpc) is 2.50. The Hall–Kier alpha value is -0.770. The third-order valence-corrected chi connectivity index (χ3v) is 3.69. The van der Waals surface area contributed by atoms with Crippen LogP contribution in [0.25, 0.3) is 0 Å². The SMILES string of the molecule is COCCOCCCC(CCl)Cc1ccccc1OC. The number of hydrogen-bond acceptors (Lipinski definition) is 3. The van der Waals surface area contributed by atoms with Gasteiger partial charge in [0.1, 0.15) is 5.75 Å². The molecule has 0 fully saturated rings. The summed E-state index contributed by atoms with van der Waals surface area (Å²) in [4.78, 5) is 0. The van der Waals surface area contributed by atoms with E-state index in [0.717, 1.165) is 31.6 Å². The molecule has 0 aliphatic heterocycles. The Balaban J connectivity index is 2.31. The Labute approximate surface area is 127 Å². The maximum absolute atomic E-state index is 6.07. The summed E-state index contributed by atoms with van der Waals surface area (Å²) in [5.74, 6) is 2.06. The molecule has 1 unspecified atom stereocenters. The van der Waals surface area contributed by atoms with E-state index in [1.165, 1.54) is 5.56 Å². The lowest BCUT2D eigenvalue weighted by atomic mass is 9.96. The van der Waals surface area contributed by atoms with Crippen molar-refractivity contribution in [1.82, 2.24) is 0 Å². The highest BCUT2D eigenvalue weighted by Crippen LogP contribution is 2.23. The zero-order valence-electron chi connectivity index (χ0n) is 12.4. The third-order valence-electron chi connectivity index (χ3n) is 3.25. The predicted octanol–water partition coefficient (Wildman–Crippen LogP) is 3.54.